The third-order valence-electron chi connectivity index (χ3n) is 18.3. The zero-order valence-corrected chi connectivity index (χ0v) is 63.0. The zero-order valence-electron chi connectivity index (χ0n) is 62.1. The monoisotopic (exact) mass is 1320 g/mol. The molecule has 10 heteroatoms. The van der Waals surface area contributed by atoms with Crippen LogP contribution >= 0.6 is 7.82 Å². The Kier molecular flexibility index (Phi) is 71.6. The summed E-state index contributed by atoms with van der Waals surface area (Å²) < 4.78 is 34.8. The van der Waals surface area contributed by atoms with Crippen LogP contribution in [0.5, 0.6) is 0 Å². The second kappa shape index (κ2) is 73.2. The highest BCUT2D eigenvalue weighted by Gasteiger charge is 2.27. The molecule has 0 radical (unpaired) electrons. The van der Waals surface area contributed by atoms with E-state index in [1.54, 1.807) is 0 Å². The van der Waals surface area contributed by atoms with Gasteiger partial charge in [-0.05, 0) is 77.0 Å². The number of carbonyl (C=O) groups excluding carboxylic acids is 2. The number of hydrogen-bond donors (Lipinski definition) is 1. The van der Waals surface area contributed by atoms with Crippen LogP contribution in [0.25, 0.3) is 0 Å². The van der Waals surface area contributed by atoms with Crippen LogP contribution in [-0.4, -0.2) is 74.9 Å². The summed E-state index contributed by atoms with van der Waals surface area (Å²) in [6, 6.07) is 0. The maximum Gasteiger partial charge on any atom is 0.472 e. The van der Waals surface area contributed by atoms with E-state index in [9.17, 15) is 19.0 Å². The third-order valence-corrected chi connectivity index (χ3v) is 19.3. The van der Waals surface area contributed by atoms with Crippen molar-refractivity contribution in [2.75, 3.05) is 47.5 Å². The van der Waals surface area contributed by atoms with Gasteiger partial charge in [0.15, 0.2) is 6.10 Å². The first-order valence-corrected chi connectivity index (χ1v) is 41.9. The molecule has 92 heavy (non-hydrogen) atoms. The van der Waals surface area contributed by atoms with Crippen molar-refractivity contribution in [3.63, 3.8) is 0 Å². The molecule has 0 spiro atoms. The number of hydrogen-bond acceptors (Lipinski definition) is 7. The van der Waals surface area contributed by atoms with Gasteiger partial charge < -0.3 is 18.9 Å². The number of rotatable bonds is 76. The summed E-state index contributed by atoms with van der Waals surface area (Å²) in [6.07, 6.45) is 96.9. The van der Waals surface area contributed by atoms with Gasteiger partial charge in [0.05, 0.1) is 27.7 Å². The summed E-state index contributed by atoms with van der Waals surface area (Å²) in [7, 11) is 1.50. The fraction of sp³-hybridized carbons (Fsp3) is 0.878. The summed E-state index contributed by atoms with van der Waals surface area (Å²) >= 11 is 0. The molecule has 0 aromatic rings. The highest BCUT2D eigenvalue weighted by atomic mass is 31.2. The molecule has 2 atom stereocenters. The van der Waals surface area contributed by atoms with Crippen molar-refractivity contribution in [1.82, 2.24) is 0 Å². The number of likely N-dealkylation sites (N-methyl/N-ethyl adjacent to an activating group) is 1. The third kappa shape index (κ3) is 77.0. The van der Waals surface area contributed by atoms with Crippen molar-refractivity contribution in [3.8, 4) is 0 Å². The maximum atomic E-state index is 12.9. The van der Waals surface area contributed by atoms with Gasteiger partial charge in [-0.3, -0.25) is 18.6 Å². The number of quaternary nitrogens is 1. The van der Waals surface area contributed by atoms with Crippen LogP contribution in [0.4, 0.5) is 0 Å². The van der Waals surface area contributed by atoms with Crippen molar-refractivity contribution < 1.29 is 42.1 Å². The number of phosphoric acid groups is 1. The smallest absolute Gasteiger partial charge is 0.462 e. The lowest BCUT2D eigenvalue weighted by Gasteiger charge is -2.24. The van der Waals surface area contributed by atoms with Crippen LogP contribution in [0.2, 0.25) is 0 Å². The van der Waals surface area contributed by atoms with E-state index in [0.29, 0.717) is 23.9 Å². The minimum atomic E-state index is -4.39. The lowest BCUT2D eigenvalue weighted by molar-refractivity contribution is -0.870. The maximum absolute atomic E-state index is 12.9. The molecule has 0 aromatic carbocycles. The van der Waals surface area contributed by atoms with Gasteiger partial charge in [0.2, 0.25) is 0 Å². The molecule has 0 heterocycles. The number of carbonyl (C=O) groups is 2. The van der Waals surface area contributed by atoms with E-state index in [0.717, 1.165) is 44.9 Å². The van der Waals surface area contributed by atoms with Gasteiger partial charge in [-0.25, -0.2) is 4.57 Å². The Balaban J connectivity index is 3.90. The van der Waals surface area contributed by atoms with E-state index < -0.39 is 26.5 Å². The van der Waals surface area contributed by atoms with Crippen molar-refractivity contribution in [2.45, 2.75) is 418 Å². The molecule has 0 rings (SSSR count). The summed E-state index contributed by atoms with van der Waals surface area (Å²) in [5.74, 6) is -0.773. The highest BCUT2D eigenvalue weighted by Crippen LogP contribution is 2.43. The van der Waals surface area contributed by atoms with Crippen LogP contribution in [0, 0.1) is 0 Å². The molecule has 0 amide bonds. The fourth-order valence-electron chi connectivity index (χ4n) is 12.1. The Morgan fingerprint density at radius 1 is 0.337 bits per heavy atom. The van der Waals surface area contributed by atoms with Crippen molar-refractivity contribution in [3.05, 3.63) is 48.6 Å². The van der Waals surface area contributed by atoms with E-state index in [2.05, 4.69) is 62.5 Å². The average Bonchev–Trinajstić information content (AvgIpc) is 2.14. The van der Waals surface area contributed by atoms with Gasteiger partial charge in [0, 0.05) is 12.8 Å². The second-order valence-electron chi connectivity index (χ2n) is 28.8. The number of allylic oxidation sites excluding steroid dienone is 8. The number of esters is 2. The zero-order chi connectivity index (χ0) is 66.9. The minimum absolute atomic E-state index is 0.0347. The fourth-order valence-corrected chi connectivity index (χ4v) is 12.9. The molecular weight excluding hydrogens is 1160 g/mol. The molecule has 542 valence electrons. The molecular formula is C82H157NO8P+. The second-order valence-corrected chi connectivity index (χ2v) is 30.3. The first kappa shape index (κ1) is 90.0. The predicted molar refractivity (Wildman–Crippen MR) is 400 cm³/mol. The van der Waals surface area contributed by atoms with Gasteiger partial charge >= 0.3 is 19.8 Å². The quantitative estimate of drug-likeness (QED) is 0.0211. The molecule has 0 saturated carbocycles. The Hall–Kier alpha value is -2.03. The molecule has 0 aromatic heterocycles. The van der Waals surface area contributed by atoms with E-state index in [1.165, 1.54) is 334 Å². The topological polar surface area (TPSA) is 108 Å². The lowest BCUT2D eigenvalue weighted by atomic mass is 10.0. The summed E-state index contributed by atoms with van der Waals surface area (Å²) in [5.41, 5.74) is 0. The summed E-state index contributed by atoms with van der Waals surface area (Å²) in [5, 5.41) is 0. The van der Waals surface area contributed by atoms with Crippen LogP contribution in [0.1, 0.15) is 412 Å². The molecule has 0 aliphatic rings. The van der Waals surface area contributed by atoms with E-state index >= 15 is 0 Å². The number of phosphoric ester groups is 1. The van der Waals surface area contributed by atoms with E-state index in [-0.39, 0.29) is 25.6 Å². The average molecular weight is 1320 g/mol. The van der Waals surface area contributed by atoms with Gasteiger partial charge in [-0.2, -0.15) is 0 Å². The van der Waals surface area contributed by atoms with Crippen LogP contribution in [0.3, 0.4) is 0 Å². The van der Waals surface area contributed by atoms with E-state index in [4.69, 9.17) is 18.5 Å². The number of ether oxygens (including phenoxy) is 2. The SMILES string of the molecule is CCCCCCC/C=C\C/C=C\C/C=C\CCCCCCCCCCCCCCCCCCCCCCCCCCC(=O)OC(COC(=O)CCCCCCCCCCCCCCCCCCC/C=C\CCCCCCCCCC)COP(=O)(O)OCC[N+](C)(C)C. The summed E-state index contributed by atoms with van der Waals surface area (Å²) in [6.45, 7) is 4.50. The number of unbranched alkanes of at least 4 members (excludes halogenated alkanes) is 54. The van der Waals surface area contributed by atoms with Crippen LogP contribution < -0.4 is 0 Å². The van der Waals surface area contributed by atoms with Gasteiger partial charge in [-0.1, -0.05) is 371 Å². The normalized spacial score (nSPS) is 13.2. The van der Waals surface area contributed by atoms with Crippen LogP contribution in [0.15, 0.2) is 48.6 Å². The molecule has 9 nitrogen and oxygen atoms in total. The first-order valence-electron chi connectivity index (χ1n) is 40.4. The first-order chi connectivity index (χ1) is 45.0. The Bertz CT molecular complexity index is 1690. The molecule has 1 N–H and O–H groups in total. The summed E-state index contributed by atoms with van der Waals surface area (Å²) in [4.78, 5) is 36.0. The highest BCUT2D eigenvalue weighted by molar-refractivity contribution is 7.47. The molecule has 2 unspecified atom stereocenters. The van der Waals surface area contributed by atoms with Gasteiger partial charge in [0.25, 0.3) is 0 Å². The Labute approximate surface area is 573 Å². The Morgan fingerprint density at radius 3 is 0.880 bits per heavy atom. The van der Waals surface area contributed by atoms with Crippen molar-refractivity contribution >= 4 is 19.8 Å². The van der Waals surface area contributed by atoms with E-state index in [1.807, 2.05) is 21.1 Å². The van der Waals surface area contributed by atoms with Gasteiger partial charge in [0.1, 0.15) is 19.8 Å². The standard InChI is InChI=1S/C82H156NO8P/c1-6-8-10-12-14-16-18-20-22-24-26-28-30-32-34-36-37-38-39-40-41-42-43-44-45-47-49-51-53-55-57-59-61-63-65-67-69-71-73-75-82(85)91-80(79-90-92(86,87)89-77-76-83(3,4)5)78-88-81(84)74-72-70-68-66-64-62-60-58-56-54-52-50-48-46-35-33-31-29-27-25-23-21-19-17-15-13-11-9-7-2/h18,20,24-27,30,32,80H,6-17,19,21-23,28-29,31,33-79H2,1-5H3/p+1/b20-18-,26-24-,27-25-,32-30-. The largest absolute Gasteiger partial charge is 0.472 e. The minimum Gasteiger partial charge on any atom is -0.462 e. The van der Waals surface area contributed by atoms with Gasteiger partial charge in [-0.15, -0.1) is 0 Å². The molecule has 0 aliphatic heterocycles. The molecule has 0 saturated heterocycles. The lowest BCUT2D eigenvalue weighted by Crippen LogP contribution is -2.37. The predicted octanol–water partition coefficient (Wildman–Crippen LogP) is 26.7. The van der Waals surface area contributed by atoms with Crippen LogP contribution in [-0.2, 0) is 32.7 Å². The molecule has 0 fully saturated rings. The van der Waals surface area contributed by atoms with Crippen molar-refractivity contribution in [2.24, 2.45) is 0 Å². The molecule has 0 bridgehead atoms. The number of nitrogens with zero attached hydrogens (tertiary/aromatic N) is 1. The van der Waals surface area contributed by atoms with Crippen molar-refractivity contribution in [1.29, 1.82) is 0 Å². The molecule has 0 aliphatic carbocycles. The Morgan fingerprint density at radius 2 is 0.587 bits per heavy atom.